The molecule has 7 nitrogen and oxygen atoms in total. The molecule has 1 aromatic heterocycles. The van der Waals surface area contributed by atoms with Crippen molar-refractivity contribution in [3.05, 3.63) is 30.3 Å². The normalized spacial score (nSPS) is 13.1. The first kappa shape index (κ1) is 14.6. The van der Waals surface area contributed by atoms with Gasteiger partial charge in [0.15, 0.2) is 5.82 Å². The minimum absolute atomic E-state index is 0.260. The Balaban J connectivity index is 2.27. The molecular weight excluding hydrogens is 302 g/mol. The van der Waals surface area contributed by atoms with Crippen molar-refractivity contribution in [3.63, 3.8) is 0 Å². The zero-order valence-electron chi connectivity index (χ0n) is 10.3. The SMILES string of the molecule is CC(NS(=O)(=O)c1nc(-c2ccccc2)ns1)C(=O)O. The van der Waals surface area contributed by atoms with E-state index in [9.17, 15) is 13.2 Å². The number of nitrogens with one attached hydrogen (secondary N) is 1. The van der Waals surface area contributed by atoms with E-state index in [1.165, 1.54) is 6.92 Å². The van der Waals surface area contributed by atoms with Crippen LogP contribution in [0, 0.1) is 0 Å². The Kier molecular flexibility index (Phi) is 4.12. The second-order valence-electron chi connectivity index (χ2n) is 3.93. The van der Waals surface area contributed by atoms with Crippen molar-refractivity contribution in [2.75, 3.05) is 0 Å². The number of aromatic nitrogens is 2. The van der Waals surface area contributed by atoms with E-state index in [0.717, 1.165) is 0 Å². The van der Waals surface area contributed by atoms with Gasteiger partial charge in [0.2, 0.25) is 4.34 Å². The highest BCUT2D eigenvalue weighted by Gasteiger charge is 2.25. The van der Waals surface area contributed by atoms with E-state index >= 15 is 0 Å². The number of hydrogen-bond donors (Lipinski definition) is 2. The largest absolute Gasteiger partial charge is 0.480 e. The molecule has 0 radical (unpaired) electrons. The first-order valence-corrected chi connectivity index (χ1v) is 7.80. The van der Waals surface area contributed by atoms with Crippen LogP contribution < -0.4 is 4.72 Å². The lowest BCUT2D eigenvalue weighted by atomic mass is 10.2. The quantitative estimate of drug-likeness (QED) is 0.851. The minimum Gasteiger partial charge on any atom is -0.480 e. The highest BCUT2D eigenvalue weighted by atomic mass is 32.2. The third-order valence-electron chi connectivity index (χ3n) is 2.37. The van der Waals surface area contributed by atoms with Gasteiger partial charge in [0, 0.05) is 5.56 Å². The fraction of sp³-hybridized carbons (Fsp3) is 0.182. The molecule has 1 atom stereocenters. The van der Waals surface area contributed by atoms with E-state index in [4.69, 9.17) is 5.11 Å². The van der Waals surface area contributed by atoms with Crippen molar-refractivity contribution >= 4 is 27.5 Å². The summed E-state index contributed by atoms with van der Waals surface area (Å²) in [5, 5.41) is 8.72. The van der Waals surface area contributed by atoms with E-state index in [1.807, 2.05) is 10.8 Å². The summed E-state index contributed by atoms with van der Waals surface area (Å²) in [6.45, 7) is 1.24. The molecular formula is C11H11N3O4S2. The van der Waals surface area contributed by atoms with Crippen LogP contribution in [-0.2, 0) is 14.8 Å². The average Bonchev–Trinajstić information content (AvgIpc) is 2.89. The van der Waals surface area contributed by atoms with Crippen molar-refractivity contribution in [1.29, 1.82) is 0 Å². The summed E-state index contributed by atoms with van der Waals surface area (Å²) in [4.78, 5) is 14.6. The maximum atomic E-state index is 11.9. The van der Waals surface area contributed by atoms with Crippen molar-refractivity contribution in [1.82, 2.24) is 14.1 Å². The third kappa shape index (κ3) is 3.18. The van der Waals surface area contributed by atoms with Crippen LogP contribution in [0.25, 0.3) is 11.4 Å². The van der Waals surface area contributed by atoms with E-state index in [0.29, 0.717) is 22.9 Å². The summed E-state index contributed by atoms with van der Waals surface area (Å²) < 4.78 is 29.6. The van der Waals surface area contributed by atoms with Crippen molar-refractivity contribution < 1.29 is 18.3 Å². The molecule has 1 aromatic carbocycles. The fourth-order valence-electron chi connectivity index (χ4n) is 1.36. The van der Waals surface area contributed by atoms with Gasteiger partial charge in [-0.3, -0.25) is 4.79 Å². The lowest BCUT2D eigenvalue weighted by molar-refractivity contribution is -0.138. The van der Waals surface area contributed by atoms with Crippen LogP contribution in [0.3, 0.4) is 0 Å². The highest BCUT2D eigenvalue weighted by Crippen LogP contribution is 2.20. The van der Waals surface area contributed by atoms with Gasteiger partial charge < -0.3 is 5.11 Å². The number of rotatable bonds is 5. The van der Waals surface area contributed by atoms with E-state index in [-0.39, 0.29) is 4.34 Å². The molecule has 0 bridgehead atoms. The Bertz CT molecular complexity index is 712. The van der Waals surface area contributed by atoms with Gasteiger partial charge in [-0.05, 0) is 18.5 Å². The van der Waals surface area contributed by atoms with Gasteiger partial charge in [-0.25, -0.2) is 13.4 Å². The molecule has 0 saturated carbocycles. The number of aliphatic carboxylic acids is 1. The van der Waals surface area contributed by atoms with Crippen LogP contribution in [0.2, 0.25) is 0 Å². The first-order chi connectivity index (χ1) is 9.40. The Hall–Kier alpha value is -1.84. The average molecular weight is 313 g/mol. The fourth-order valence-corrected chi connectivity index (χ4v) is 3.32. The Morgan fingerprint density at radius 1 is 1.35 bits per heavy atom. The number of benzene rings is 1. The van der Waals surface area contributed by atoms with Gasteiger partial charge >= 0.3 is 5.97 Å². The maximum Gasteiger partial charge on any atom is 0.321 e. The molecule has 2 aromatic rings. The molecule has 1 heterocycles. The standard InChI is InChI=1S/C11H11N3O4S2/c1-7(10(15)16)14-20(17,18)11-12-9(13-19-11)8-5-3-2-4-6-8/h2-7,14H,1H3,(H,15,16). The molecule has 0 fully saturated rings. The summed E-state index contributed by atoms with van der Waals surface area (Å²) in [6, 6.07) is 7.68. The lowest BCUT2D eigenvalue weighted by Crippen LogP contribution is -2.38. The number of carbonyl (C=O) groups is 1. The van der Waals surface area contributed by atoms with Crippen LogP contribution in [0.15, 0.2) is 34.7 Å². The summed E-state index contributed by atoms with van der Waals surface area (Å²) in [5.41, 5.74) is 0.691. The van der Waals surface area contributed by atoms with Crippen LogP contribution in [0.1, 0.15) is 6.92 Å². The summed E-state index contributed by atoms with van der Waals surface area (Å²) in [7, 11) is -3.98. The van der Waals surface area contributed by atoms with Crippen LogP contribution in [-0.4, -0.2) is 34.9 Å². The Morgan fingerprint density at radius 3 is 2.60 bits per heavy atom. The predicted molar refractivity (Wildman–Crippen MR) is 72.8 cm³/mol. The zero-order chi connectivity index (χ0) is 14.8. The lowest BCUT2D eigenvalue weighted by Gasteiger charge is -2.06. The van der Waals surface area contributed by atoms with E-state index < -0.39 is 22.0 Å². The molecule has 0 aliphatic heterocycles. The Labute approximate surface area is 119 Å². The van der Waals surface area contributed by atoms with Crippen LogP contribution in [0.4, 0.5) is 0 Å². The number of nitrogens with zero attached hydrogens (tertiary/aromatic N) is 2. The monoisotopic (exact) mass is 313 g/mol. The van der Waals surface area contributed by atoms with Gasteiger partial charge in [0.25, 0.3) is 10.0 Å². The highest BCUT2D eigenvalue weighted by molar-refractivity contribution is 7.91. The number of carboxylic acids is 1. The first-order valence-electron chi connectivity index (χ1n) is 5.54. The molecule has 0 spiro atoms. The van der Waals surface area contributed by atoms with Gasteiger partial charge in [-0.1, -0.05) is 30.3 Å². The molecule has 0 saturated heterocycles. The van der Waals surface area contributed by atoms with E-state index in [1.54, 1.807) is 24.3 Å². The topological polar surface area (TPSA) is 109 Å². The predicted octanol–water partition coefficient (Wildman–Crippen LogP) is 0.957. The molecule has 0 aliphatic carbocycles. The molecule has 1 unspecified atom stereocenters. The molecule has 20 heavy (non-hydrogen) atoms. The van der Waals surface area contributed by atoms with Gasteiger partial charge in [0.1, 0.15) is 6.04 Å². The molecule has 2 N–H and O–H groups in total. The molecule has 106 valence electrons. The second-order valence-corrected chi connectivity index (χ2v) is 6.57. The van der Waals surface area contributed by atoms with Gasteiger partial charge in [0.05, 0.1) is 0 Å². The zero-order valence-corrected chi connectivity index (χ0v) is 12.0. The van der Waals surface area contributed by atoms with Gasteiger partial charge in [-0.15, -0.1) is 0 Å². The van der Waals surface area contributed by atoms with Crippen molar-refractivity contribution in [3.8, 4) is 11.4 Å². The second kappa shape index (κ2) is 5.65. The van der Waals surface area contributed by atoms with Gasteiger partial charge in [-0.2, -0.15) is 9.10 Å². The van der Waals surface area contributed by atoms with Crippen molar-refractivity contribution in [2.24, 2.45) is 0 Å². The van der Waals surface area contributed by atoms with Crippen LogP contribution in [0.5, 0.6) is 0 Å². The summed E-state index contributed by atoms with van der Waals surface area (Å²) in [5.74, 6) is -0.972. The third-order valence-corrected chi connectivity index (χ3v) is 4.98. The summed E-state index contributed by atoms with van der Waals surface area (Å²) in [6.07, 6.45) is 0. The van der Waals surface area contributed by atoms with Crippen LogP contribution >= 0.6 is 11.5 Å². The number of hydrogen-bond acceptors (Lipinski definition) is 6. The number of sulfonamides is 1. The summed E-state index contributed by atoms with van der Waals surface area (Å²) >= 11 is 0.701. The number of carboxylic acid groups (broad SMARTS) is 1. The molecule has 9 heteroatoms. The minimum atomic E-state index is -3.98. The maximum absolute atomic E-state index is 11.9. The molecule has 2 rings (SSSR count). The van der Waals surface area contributed by atoms with E-state index in [2.05, 4.69) is 9.36 Å². The van der Waals surface area contributed by atoms with Crippen molar-refractivity contribution in [2.45, 2.75) is 17.3 Å². The molecule has 0 aliphatic rings. The smallest absolute Gasteiger partial charge is 0.321 e. The Morgan fingerprint density at radius 2 is 2.00 bits per heavy atom. The molecule has 0 amide bonds.